The van der Waals surface area contributed by atoms with Gasteiger partial charge in [0, 0.05) is 23.5 Å². The summed E-state index contributed by atoms with van der Waals surface area (Å²) in [5.74, 6) is 0.574. The highest BCUT2D eigenvalue weighted by atomic mass is 35.5. The van der Waals surface area contributed by atoms with Crippen molar-refractivity contribution in [3.63, 3.8) is 0 Å². The molecular weight excluding hydrogens is 342 g/mol. The minimum atomic E-state index is -0.442. The number of halogens is 1. The molecule has 1 heterocycles. The van der Waals surface area contributed by atoms with E-state index in [2.05, 4.69) is 26.1 Å². The smallest absolute Gasteiger partial charge is 0.324 e. The van der Waals surface area contributed by atoms with Crippen LogP contribution in [-0.2, 0) is 0 Å². The molecule has 0 saturated heterocycles. The van der Waals surface area contributed by atoms with Gasteiger partial charge in [-0.2, -0.15) is 5.10 Å². The molecule has 1 aromatic carbocycles. The molecule has 7 nitrogen and oxygen atoms in total. The highest BCUT2D eigenvalue weighted by Crippen LogP contribution is 2.21. The predicted octanol–water partition coefficient (Wildman–Crippen LogP) is 3.71. The van der Waals surface area contributed by atoms with Crippen LogP contribution in [0, 0.1) is 19.8 Å². The number of hydrogen-bond acceptors (Lipinski definition) is 3. The van der Waals surface area contributed by atoms with Gasteiger partial charge in [-0.25, -0.2) is 4.79 Å². The van der Waals surface area contributed by atoms with E-state index in [1.807, 2.05) is 27.7 Å². The Hall–Kier alpha value is -2.54. The fraction of sp³-hybridized carbons (Fsp3) is 0.353. The van der Waals surface area contributed by atoms with Gasteiger partial charge in [-0.1, -0.05) is 25.4 Å². The van der Waals surface area contributed by atoms with Gasteiger partial charge in [-0.15, -0.1) is 0 Å². The molecule has 0 aliphatic carbocycles. The molecule has 0 spiro atoms. The van der Waals surface area contributed by atoms with Crippen molar-refractivity contribution >= 4 is 35.0 Å². The van der Waals surface area contributed by atoms with E-state index in [1.54, 1.807) is 12.1 Å². The number of urea groups is 1. The van der Waals surface area contributed by atoms with E-state index in [9.17, 15) is 9.59 Å². The van der Waals surface area contributed by atoms with E-state index >= 15 is 0 Å². The predicted molar refractivity (Wildman–Crippen MR) is 99.3 cm³/mol. The van der Waals surface area contributed by atoms with Crippen LogP contribution in [0.15, 0.2) is 18.2 Å². The molecule has 3 amide bonds. The molecule has 2 rings (SSSR count). The van der Waals surface area contributed by atoms with Crippen LogP contribution in [0.2, 0.25) is 5.02 Å². The summed E-state index contributed by atoms with van der Waals surface area (Å²) in [6, 6.07) is 4.30. The Labute approximate surface area is 151 Å². The fourth-order valence-corrected chi connectivity index (χ4v) is 2.31. The molecular formula is C17H22ClN5O2. The molecule has 0 unspecified atom stereocenters. The average Bonchev–Trinajstić information content (AvgIpc) is 2.84. The van der Waals surface area contributed by atoms with Gasteiger partial charge in [0.2, 0.25) is 0 Å². The normalized spacial score (nSPS) is 10.6. The molecule has 0 atom stereocenters. The van der Waals surface area contributed by atoms with Gasteiger partial charge in [0.15, 0.2) is 5.82 Å². The first-order valence-corrected chi connectivity index (χ1v) is 8.33. The van der Waals surface area contributed by atoms with Crippen molar-refractivity contribution in [2.45, 2.75) is 27.7 Å². The fourth-order valence-electron chi connectivity index (χ4n) is 2.05. The van der Waals surface area contributed by atoms with Crippen molar-refractivity contribution < 1.29 is 9.59 Å². The van der Waals surface area contributed by atoms with Crippen molar-refractivity contribution in [3.05, 3.63) is 40.0 Å². The number of nitrogens with one attached hydrogen (secondary N) is 4. The number of anilines is 2. The van der Waals surface area contributed by atoms with Crippen LogP contribution in [0.5, 0.6) is 0 Å². The van der Waals surface area contributed by atoms with Crippen LogP contribution in [0.1, 0.15) is 35.5 Å². The lowest BCUT2D eigenvalue weighted by Crippen LogP contribution is -2.27. The molecule has 0 saturated carbocycles. The van der Waals surface area contributed by atoms with E-state index in [1.165, 1.54) is 6.07 Å². The zero-order valence-electron chi connectivity index (χ0n) is 14.7. The number of aryl methyl sites for hydroxylation is 1. The number of nitrogens with zero attached hydrogens (tertiary/aromatic N) is 1. The summed E-state index contributed by atoms with van der Waals surface area (Å²) in [5, 5.41) is 15.2. The van der Waals surface area contributed by atoms with Gasteiger partial charge >= 0.3 is 6.03 Å². The number of amides is 3. The van der Waals surface area contributed by atoms with Crippen LogP contribution in [0.4, 0.5) is 16.3 Å². The Kier molecular flexibility index (Phi) is 6.03. The summed E-state index contributed by atoms with van der Waals surface area (Å²) in [5.41, 5.74) is 2.60. The van der Waals surface area contributed by atoms with Gasteiger partial charge in [0.1, 0.15) is 0 Å². The number of carbonyl (C=O) groups excluding carboxylic acids is 2. The second-order valence-electron chi connectivity index (χ2n) is 6.20. The molecule has 0 radical (unpaired) electrons. The van der Waals surface area contributed by atoms with E-state index in [4.69, 9.17) is 11.6 Å². The summed E-state index contributed by atoms with van der Waals surface area (Å²) in [4.78, 5) is 24.1. The summed E-state index contributed by atoms with van der Waals surface area (Å²) in [7, 11) is 0. The van der Waals surface area contributed by atoms with Crippen LogP contribution >= 0.6 is 11.6 Å². The van der Waals surface area contributed by atoms with Gasteiger partial charge in [-0.3, -0.25) is 15.2 Å². The molecule has 0 aliphatic rings. The van der Waals surface area contributed by atoms with Gasteiger partial charge in [0.25, 0.3) is 5.91 Å². The average molecular weight is 364 g/mol. The highest BCUT2D eigenvalue weighted by Gasteiger charge is 2.13. The van der Waals surface area contributed by atoms with Crippen molar-refractivity contribution in [1.82, 2.24) is 15.5 Å². The molecule has 0 bridgehead atoms. The number of H-pyrrole nitrogens is 1. The molecule has 134 valence electrons. The second kappa shape index (κ2) is 8.02. The topological polar surface area (TPSA) is 98.9 Å². The van der Waals surface area contributed by atoms with E-state index in [-0.39, 0.29) is 10.9 Å². The summed E-state index contributed by atoms with van der Waals surface area (Å²) in [6.07, 6.45) is 0. The lowest BCUT2D eigenvalue weighted by atomic mass is 10.1. The van der Waals surface area contributed by atoms with Crippen molar-refractivity contribution in [1.29, 1.82) is 0 Å². The monoisotopic (exact) mass is 363 g/mol. The Balaban J connectivity index is 2.01. The number of carbonyl (C=O) groups is 2. The summed E-state index contributed by atoms with van der Waals surface area (Å²) >= 11 is 6.16. The van der Waals surface area contributed by atoms with E-state index in [0.717, 1.165) is 11.3 Å². The van der Waals surface area contributed by atoms with Crippen molar-refractivity contribution in [2.24, 2.45) is 5.92 Å². The van der Waals surface area contributed by atoms with Crippen LogP contribution < -0.4 is 16.0 Å². The third-order valence-corrected chi connectivity index (χ3v) is 3.94. The highest BCUT2D eigenvalue weighted by molar-refractivity contribution is 6.34. The maximum Gasteiger partial charge on any atom is 0.324 e. The van der Waals surface area contributed by atoms with E-state index in [0.29, 0.717) is 29.5 Å². The minimum absolute atomic E-state index is 0.239. The SMILES string of the molecule is Cc1[nH]nc(NC(=O)Nc2ccc(C(=O)NCC(C)C)c(Cl)c2)c1C. The lowest BCUT2D eigenvalue weighted by molar-refractivity contribution is 0.0949. The summed E-state index contributed by atoms with van der Waals surface area (Å²) in [6.45, 7) is 8.32. The Morgan fingerprint density at radius 1 is 1.24 bits per heavy atom. The maximum atomic E-state index is 12.1. The van der Waals surface area contributed by atoms with Crippen molar-refractivity contribution in [2.75, 3.05) is 17.2 Å². The van der Waals surface area contributed by atoms with Gasteiger partial charge < -0.3 is 10.6 Å². The number of hydrogen-bond donors (Lipinski definition) is 4. The molecule has 25 heavy (non-hydrogen) atoms. The van der Waals surface area contributed by atoms with Crippen molar-refractivity contribution in [3.8, 4) is 0 Å². The molecule has 2 aromatic rings. The zero-order chi connectivity index (χ0) is 18.6. The Bertz CT molecular complexity index is 785. The first kappa shape index (κ1) is 18.8. The number of aromatic nitrogens is 2. The van der Waals surface area contributed by atoms with Crippen LogP contribution in [0.25, 0.3) is 0 Å². The number of rotatable bonds is 5. The third-order valence-electron chi connectivity index (χ3n) is 3.63. The lowest BCUT2D eigenvalue weighted by Gasteiger charge is -2.11. The third kappa shape index (κ3) is 4.96. The first-order valence-electron chi connectivity index (χ1n) is 7.95. The number of benzene rings is 1. The second-order valence-corrected chi connectivity index (χ2v) is 6.61. The Morgan fingerprint density at radius 3 is 2.52 bits per heavy atom. The largest absolute Gasteiger partial charge is 0.352 e. The van der Waals surface area contributed by atoms with Crippen LogP contribution in [-0.4, -0.2) is 28.7 Å². The maximum absolute atomic E-state index is 12.1. The minimum Gasteiger partial charge on any atom is -0.352 e. The number of aromatic amines is 1. The standard InChI is InChI=1S/C17H22ClN5O2/c1-9(2)8-19-16(24)13-6-5-12(7-14(13)18)20-17(25)21-15-10(3)11(4)22-23-15/h5-7,9H,8H2,1-4H3,(H,19,24)(H3,20,21,22,23,25). The molecule has 1 aromatic heterocycles. The molecule has 4 N–H and O–H groups in total. The van der Waals surface area contributed by atoms with Gasteiger partial charge in [0.05, 0.1) is 10.6 Å². The van der Waals surface area contributed by atoms with E-state index < -0.39 is 6.03 Å². The quantitative estimate of drug-likeness (QED) is 0.651. The molecule has 0 fully saturated rings. The molecule has 0 aliphatic heterocycles. The molecule has 8 heteroatoms. The summed E-state index contributed by atoms with van der Waals surface area (Å²) < 4.78 is 0. The zero-order valence-corrected chi connectivity index (χ0v) is 15.4. The van der Waals surface area contributed by atoms with Crippen LogP contribution in [0.3, 0.4) is 0 Å². The van der Waals surface area contributed by atoms with Gasteiger partial charge in [-0.05, 0) is 38.0 Å². The first-order chi connectivity index (χ1) is 11.8. The Morgan fingerprint density at radius 2 is 1.96 bits per heavy atom.